The fourth-order valence-electron chi connectivity index (χ4n) is 3.07. The van der Waals surface area contributed by atoms with E-state index in [9.17, 15) is 14.4 Å². The second-order valence-electron chi connectivity index (χ2n) is 6.84. The zero-order valence-corrected chi connectivity index (χ0v) is 17.5. The van der Waals surface area contributed by atoms with Crippen molar-refractivity contribution in [2.24, 2.45) is 5.92 Å². The highest BCUT2D eigenvalue weighted by molar-refractivity contribution is 6.02. The second-order valence-corrected chi connectivity index (χ2v) is 6.84. The molecule has 0 bridgehead atoms. The van der Waals surface area contributed by atoms with Gasteiger partial charge in [-0.3, -0.25) is 9.59 Å². The van der Waals surface area contributed by atoms with Crippen LogP contribution in [-0.2, 0) is 14.3 Å². The van der Waals surface area contributed by atoms with Gasteiger partial charge in [0.2, 0.25) is 0 Å². The van der Waals surface area contributed by atoms with Gasteiger partial charge in [0.15, 0.2) is 0 Å². The average molecular weight is 391 g/mol. The van der Waals surface area contributed by atoms with Crippen molar-refractivity contribution in [1.29, 1.82) is 0 Å². The first kappa shape index (κ1) is 23.9. The minimum atomic E-state index is -0.393. The smallest absolute Gasteiger partial charge is 0.338 e. The largest absolute Gasteiger partial charge is 0.494 e. The molecule has 5 nitrogen and oxygen atoms in total. The van der Waals surface area contributed by atoms with Gasteiger partial charge in [0.25, 0.3) is 0 Å². The summed E-state index contributed by atoms with van der Waals surface area (Å²) in [5.74, 6) is 0.184. The van der Waals surface area contributed by atoms with Gasteiger partial charge in [-0.1, -0.05) is 39.5 Å². The Morgan fingerprint density at radius 3 is 1.96 bits per heavy atom. The lowest BCUT2D eigenvalue weighted by Gasteiger charge is -2.12. The van der Waals surface area contributed by atoms with Crippen LogP contribution in [0.1, 0.15) is 82.5 Å². The summed E-state index contributed by atoms with van der Waals surface area (Å²) in [7, 11) is 0. The summed E-state index contributed by atoms with van der Waals surface area (Å²) in [5.41, 5.74) is 0.524. The number of benzene rings is 1. The van der Waals surface area contributed by atoms with Gasteiger partial charge in [0.1, 0.15) is 17.3 Å². The van der Waals surface area contributed by atoms with Crippen LogP contribution < -0.4 is 4.74 Å². The van der Waals surface area contributed by atoms with E-state index in [1.54, 1.807) is 31.2 Å². The molecule has 0 heterocycles. The third kappa shape index (κ3) is 8.68. The second kappa shape index (κ2) is 13.9. The minimum absolute atomic E-state index is 0.0780. The van der Waals surface area contributed by atoms with Crippen LogP contribution in [0, 0.1) is 5.92 Å². The van der Waals surface area contributed by atoms with E-state index in [2.05, 4.69) is 0 Å². The number of hydrogen-bond acceptors (Lipinski definition) is 5. The Bertz CT molecular complexity index is 590. The fraction of sp³-hybridized carbons (Fsp3) is 0.609. The predicted molar refractivity (Wildman–Crippen MR) is 110 cm³/mol. The number of Topliss-reactive ketones (excluding diaryl/α,β-unsaturated/α-hetero) is 2. The van der Waals surface area contributed by atoms with E-state index in [4.69, 9.17) is 9.47 Å². The van der Waals surface area contributed by atoms with Crippen LogP contribution in [0.25, 0.3) is 0 Å². The maximum absolute atomic E-state index is 11.9. The summed E-state index contributed by atoms with van der Waals surface area (Å²) in [6.45, 7) is 6.42. The van der Waals surface area contributed by atoms with Gasteiger partial charge >= 0.3 is 5.97 Å². The molecule has 0 amide bonds. The number of ether oxygens (including phenoxy) is 2. The quantitative estimate of drug-likeness (QED) is 0.235. The Kier molecular flexibility index (Phi) is 11.9. The highest BCUT2D eigenvalue weighted by Gasteiger charge is 2.22. The highest BCUT2D eigenvalue weighted by Crippen LogP contribution is 2.17. The molecule has 1 rings (SSSR count). The molecule has 0 saturated heterocycles. The molecule has 1 aromatic carbocycles. The van der Waals surface area contributed by atoms with E-state index < -0.39 is 5.92 Å². The first-order valence-corrected chi connectivity index (χ1v) is 10.5. The lowest BCUT2D eigenvalue weighted by Crippen LogP contribution is -2.22. The Labute approximate surface area is 168 Å². The summed E-state index contributed by atoms with van der Waals surface area (Å²) in [5, 5.41) is 0. The molecule has 0 radical (unpaired) electrons. The van der Waals surface area contributed by atoms with Crippen LogP contribution >= 0.6 is 0 Å². The first-order chi connectivity index (χ1) is 13.5. The molecule has 156 valence electrons. The molecule has 0 aliphatic carbocycles. The van der Waals surface area contributed by atoms with Crippen molar-refractivity contribution in [1.82, 2.24) is 0 Å². The predicted octanol–water partition coefficient (Wildman–Crippen LogP) is 5.16. The van der Waals surface area contributed by atoms with Gasteiger partial charge in [-0.25, -0.2) is 4.79 Å². The molecule has 0 aliphatic heterocycles. The van der Waals surface area contributed by atoms with Gasteiger partial charge in [0.05, 0.1) is 24.7 Å². The number of hydrogen-bond donors (Lipinski definition) is 0. The molecular formula is C23H34O5. The fourth-order valence-corrected chi connectivity index (χ4v) is 3.07. The van der Waals surface area contributed by atoms with E-state index >= 15 is 0 Å². The van der Waals surface area contributed by atoms with Crippen LogP contribution in [0.2, 0.25) is 0 Å². The van der Waals surface area contributed by atoms with E-state index in [-0.39, 0.29) is 17.5 Å². The van der Waals surface area contributed by atoms with Crippen LogP contribution in [0.5, 0.6) is 5.75 Å². The van der Waals surface area contributed by atoms with Crippen LogP contribution in [0.15, 0.2) is 24.3 Å². The molecule has 0 unspecified atom stereocenters. The van der Waals surface area contributed by atoms with Crippen molar-refractivity contribution in [3.63, 3.8) is 0 Å². The summed E-state index contributed by atoms with van der Waals surface area (Å²) in [6.07, 6.45) is 6.57. The van der Waals surface area contributed by atoms with E-state index in [0.29, 0.717) is 38.0 Å². The van der Waals surface area contributed by atoms with Crippen molar-refractivity contribution in [2.45, 2.75) is 72.1 Å². The van der Waals surface area contributed by atoms with Gasteiger partial charge in [-0.15, -0.1) is 0 Å². The molecule has 0 spiro atoms. The van der Waals surface area contributed by atoms with Crippen molar-refractivity contribution in [2.75, 3.05) is 13.2 Å². The molecule has 0 saturated carbocycles. The van der Waals surface area contributed by atoms with Gasteiger partial charge in [-0.2, -0.15) is 0 Å². The molecule has 0 fully saturated rings. The van der Waals surface area contributed by atoms with Crippen LogP contribution in [0.3, 0.4) is 0 Å². The average Bonchev–Trinajstić information content (AvgIpc) is 2.72. The summed E-state index contributed by atoms with van der Waals surface area (Å²) < 4.78 is 10.6. The Balaban J connectivity index is 2.16. The third-order valence-corrected chi connectivity index (χ3v) is 4.75. The van der Waals surface area contributed by atoms with Crippen molar-refractivity contribution >= 4 is 17.5 Å². The lowest BCUT2D eigenvalue weighted by atomic mass is 9.90. The van der Waals surface area contributed by atoms with Crippen LogP contribution in [-0.4, -0.2) is 30.7 Å². The monoisotopic (exact) mass is 390 g/mol. The molecule has 0 aromatic heterocycles. The molecular weight excluding hydrogens is 356 g/mol. The molecule has 1 aromatic rings. The standard InChI is InChI=1S/C23H34O5/c1-4-21(24)20(22(25)5-2)12-10-8-7-9-11-17-28-19-15-13-18(14-16-19)23(26)27-6-3/h13-16,20H,4-12,17H2,1-3H3. The minimum Gasteiger partial charge on any atom is -0.494 e. The number of esters is 1. The molecule has 28 heavy (non-hydrogen) atoms. The van der Waals surface area contributed by atoms with Crippen molar-refractivity contribution in [3.8, 4) is 5.75 Å². The van der Waals surface area contributed by atoms with E-state index in [1.165, 1.54) is 0 Å². The maximum Gasteiger partial charge on any atom is 0.338 e. The summed E-state index contributed by atoms with van der Waals surface area (Å²) >= 11 is 0. The Morgan fingerprint density at radius 2 is 1.39 bits per heavy atom. The van der Waals surface area contributed by atoms with E-state index in [1.807, 2.05) is 13.8 Å². The number of rotatable bonds is 15. The van der Waals surface area contributed by atoms with E-state index in [0.717, 1.165) is 37.9 Å². The summed E-state index contributed by atoms with van der Waals surface area (Å²) in [6, 6.07) is 6.97. The zero-order chi connectivity index (χ0) is 20.8. The van der Waals surface area contributed by atoms with Gasteiger partial charge < -0.3 is 9.47 Å². The van der Waals surface area contributed by atoms with Gasteiger partial charge in [-0.05, 0) is 44.0 Å². The number of carbonyl (C=O) groups is 3. The highest BCUT2D eigenvalue weighted by atomic mass is 16.5. The van der Waals surface area contributed by atoms with Crippen molar-refractivity contribution < 1.29 is 23.9 Å². The Morgan fingerprint density at radius 1 is 0.821 bits per heavy atom. The number of unbranched alkanes of at least 4 members (excludes halogenated alkanes) is 4. The molecule has 5 heteroatoms. The lowest BCUT2D eigenvalue weighted by molar-refractivity contribution is -0.132. The maximum atomic E-state index is 11.9. The number of carbonyl (C=O) groups excluding carboxylic acids is 3. The summed E-state index contributed by atoms with van der Waals surface area (Å²) in [4.78, 5) is 35.4. The number of ketones is 2. The third-order valence-electron chi connectivity index (χ3n) is 4.75. The zero-order valence-electron chi connectivity index (χ0n) is 17.5. The molecule has 0 atom stereocenters. The van der Waals surface area contributed by atoms with Gasteiger partial charge in [0, 0.05) is 12.8 Å². The SMILES string of the molecule is CCOC(=O)c1ccc(OCCCCCCCC(C(=O)CC)C(=O)CC)cc1. The first-order valence-electron chi connectivity index (χ1n) is 10.5. The van der Waals surface area contributed by atoms with Crippen molar-refractivity contribution in [3.05, 3.63) is 29.8 Å². The molecule has 0 aliphatic rings. The molecule has 0 N–H and O–H groups in total. The Hall–Kier alpha value is -2.17. The topological polar surface area (TPSA) is 69.7 Å². The normalized spacial score (nSPS) is 10.7. The van der Waals surface area contributed by atoms with Crippen LogP contribution in [0.4, 0.5) is 0 Å².